The fourth-order valence-electron chi connectivity index (χ4n) is 1.89. The molecule has 0 aliphatic heterocycles. The Kier molecular flexibility index (Phi) is 5.49. The van der Waals surface area contributed by atoms with Crippen LogP contribution in [-0.4, -0.2) is 21.7 Å². The highest BCUT2D eigenvalue weighted by atomic mass is 16.6. The van der Waals surface area contributed by atoms with Crippen LogP contribution in [-0.2, 0) is 16.9 Å². The lowest BCUT2D eigenvalue weighted by molar-refractivity contribution is 0.0991. The SMILES string of the molecule is CC(C)/C(=N\OCc1ccccc1)C(=O)c1nnc(C(C)(C)C)o1. The van der Waals surface area contributed by atoms with Gasteiger partial charge in [0.05, 0.1) is 0 Å². The summed E-state index contributed by atoms with van der Waals surface area (Å²) in [4.78, 5) is 17.9. The lowest BCUT2D eigenvalue weighted by Gasteiger charge is -2.11. The Hall–Kier alpha value is -2.50. The number of rotatable bonds is 6. The van der Waals surface area contributed by atoms with Gasteiger partial charge < -0.3 is 9.25 Å². The quantitative estimate of drug-likeness (QED) is 0.458. The van der Waals surface area contributed by atoms with Gasteiger partial charge in [0.15, 0.2) is 0 Å². The number of nitrogens with zero attached hydrogens (tertiary/aromatic N) is 3. The Bertz CT molecular complexity index is 713. The molecule has 1 aromatic heterocycles. The van der Waals surface area contributed by atoms with E-state index in [1.54, 1.807) is 0 Å². The fourth-order valence-corrected chi connectivity index (χ4v) is 1.89. The van der Waals surface area contributed by atoms with E-state index in [1.807, 2.05) is 65.0 Å². The van der Waals surface area contributed by atoms with Crippen LogP contribution in [0.2, 0.25) is 0 Å². The highest BCUT2D eigenvalue weighted by Gasteiger charge is 2.28. The molecular formula is C18H23N3O3. The number of hydrogen-bond donors (Lipinski definition) is 0. The third kappa shape index (κ3) is 4.50. The maximum absolute atomic E-state index is 12.6. The fraction of sp³-hybridized carbons (Fsp3) is 0.444. The summed E-state index contributed by atoms with van der Waals surface area (Å²) in [6, 6.07) is 9.63. The summed E-state index contributed by atoms with van der Waals surface area (Å²) in [5.41, 5.74) is 0.921. The largest absolute Gasteiger partial charge is 0.417 e. The molecule has 24 heavy (non-hydrogen) atoms. The minimum Gasteiger partial charge on any atom is -0.417 e. The first-order valence-electron chi connectivity index (χ1n) is 7.91. The first-order valence-corrected chi connectivity index (χ1v) is 7.91. The average Bonchev–Trinajstić information content (AvgIpc) is 3.02. The molecule has 0 amide bonds. The molecule has 0 saturated heterocycles. The van der Waals surface area contributed by atoms with Crippen molar-refractivity contribution in [2.75, 3.05) is 0 Å². The van der Waals surface area contributed by atoms with Gasteiger partial charge in [0.2, 0.25) is 5.89 Å². The molecule has 0 atom stereocenters. The Balaban J connectivity index is 2.13. The van der Waals surface area contributed by atoms with Crippen molar-refractivity contribution < 1.29 is 14.0 Å². The van der Waals surface area contributed by atoms with Gasteiger partial charge in [-0.25, -0.2) is 0 Å². The van der Waals surface area contributed by atoms with Crippen molar-refractivity contribution >= 4 is 11.5 Å². The van der Waals surface area contributed by atoms with E-state index in [4.69, 9.17) is 9.25 Å². The first-order chi connectivity index (χ1) is 11.3. The van der Waals surface area contributed by atoms with E-state index in [1.165, 1.54) is 0 Å². The van der Waals surface area contributed by atoms with Crippen LogP contribution in [0.15, 0.2) is 39.9 Å². The predicted molar refractivity (Wildman–Crippen MR) is 90.8 cm³/mol. The molecule has 128 valence electrons. The highest BCUT2D eigenvalue weighted by Crippen LogP contribution is 2.21. The van der Waals surface area contributed by atoms with Crippen molar-refractivity contribution in [3.8, 4) is 0 Å². The number of Topliss-reactive ketones (excluding diaryl/α,β-unsaturated/α-hetero) is 1. The van der Waals surface area contributed by atoms with Crippen LogP contribution >= 0.6 is 0 Å². The summed E-state index contributed by atoms with van der Waals surface area (Å²) in [6.07, 6.45) is 0. The number of aromatic nitrogens is 2. The second kappa shape index (κ2) is 7.38. The molecule has 0 aliphatic carbocycles. The molecule has 0 unspecified atom stereocenters. The molecule has 0 aliphatic rings. The Morgan fingerprint density at radius 3 is 2.42 bits per heavy atom. The topological polar surface area (TPSA) is 77.6 Å². The number of oxime groups is 1. The predicted octanol–water partition coefficient (Wildman–Crippen LogP) is 3.78. The Morgan fingerprint density at radius 2 is 1.88 bits per heavy atom. The van der Waals surface area contributed by atoms with Crippen molar-refractivity contribution in [1.29, 1.82) is 0 Å². The Morgan fingerprint density at radius 1 is 1.21 bits per heavy atom. The third-order valence-electron chi connectivity index (χ3n) is 3.28. The Labute approximate surface area is 141 Å². The summed E-state index contributed by atoms with van der Waals surface area (Å²) in [5.74, 6) is -0.172. The van der Waals surface area contributed by atoms with Gasteiger partial charge in [-0.2, -0.15) is 0 Å². The number of carbonyl (C=O) groups is 1. The molecule has 6 nitrogen and oxygen atoms in total. The van der Waals surface area contributed by atoms with Gasteiger partial charge in [0.25, 0.3) is 11.7 Å². The molecule has 0 N–H and O–H groups in total. The van der Waals surface area contributed by atoms with Crippen molar-refractivity contribution in [1.82, 2.24) is 10.2 Å². The van der Waals surface area contributed by atoms with Gasteiger partial charge in [-0.1, -0.05) is 70.1 Å². The van der Waals surface area contributed by atoms with Gasteiger partial charge in [-0.15, -0.1) is 10.2 Å². The van der Waals surface area contributed by atoms with Gasteiger partial charge in [-0.05, 0) is 5.56 Å². The minimum absolute atomic E-state index is 0.0595. The molecule has 2 aromatic rings. The molecule has 0 bridgehead atoms. The van der Waals surface area contributed by atoms with Gasteiger partial charge in [-0.3, -0.25) is 4.79 Å². The zero-order valence-electron chi connectivity index (χ0n) is 14.7. The van der Waals surface area contributed by atoms with Crippen LogP contribution in [0.3, 0.4) is 0 Å². The summed E-state index contributed by atoms with van der Waals surface area (Å²) in [7, 11) is 0. The monoisotopic (exact) mass is 329 g/mol. The summed E-state index contributed by atoms with van der Waals surface area (Å²) in [6.45, 7) is 9.84. The van der Waals surface area contributed by atoms with E-state index in [0.717, 1.165) is 5.56 Å². The van der Waals surface area contributed by atoms with Crippen molar-refractivity contribution in [2.24, 2.45) is 11.1 Å². The molecule has 0 saturated carbocycles. The normalized spacial score (nSPS) is 12.5. The van der Waals surface area contributed by atoms with Crippen LogP contribution in [0, 0.1) is 5.92 Å². The second-order valence-corrected chi connectivity index (χ2v) is 6.88. The van der Waals surface area contributed by atoms with Crippen molar-refractivity contribution in [2.45, 2.75) is 46.6 Å². The van der Waals surface area contributed by atoms with E-state index < -0.39 is 5.78 Å². The molecule has 0 radical (unpaired) electrons. The molecule has 0 spiro atoms. The van der Waals surface area contributed by atoms with Crippen molar-refractivity contribution in [3.05, 3.63) is 47.7 Å². The summed E-state index contributed by atoms with van der Waals surface area (Å²) >= 11 is 0. The molecule has 1 aromatic carbocycles. The standard InChI is InChI=1S/C18H23N3O3/c1-12(2)14(21-23-11-13-9-7-6-8-10-13)15(22)16-19-20-17(24-16)18(3,4)5/h6-10,12H,11H2,1-5H3/b21-14+. The maximum atomic E-state index is 12.6. The third-order valence-corrected chi connectivity index (χ3v) is 3.28. The molecular weight excluding hydrogens is 306 g/mol. The molecule has 0 fully saturated rings. The van der Waals surface area contributed by atoms with E-state index in [9.17, 15) is 4.79 Å². The lowest BCUT2D eigenvalue weighted by Crippen LogP contribution is -2.21. The van der Waals surface area contributed by atoms with E-state index >= 15 is 0 Å². The zero-order chi connectivity index (χ0) is 17.7. The first kappa shape index (κ1) is 17.8. The number of ketones is 1. The number of carbonyl (C=O) groups excluding carboxylic acids is 1. The van der Waals surface area contributed by atoms with Crippen LogP contribution in [0.4, 0.5) is 0 Å². The molecule has 1 heterocycles. The minimum atomic E-state index is -0.402. The van der Waals surface area contributed by atoms with Crippen LogP contribution in [0.25, 0.3) is 0 Å². The van der Waals surface area contributed by atoms with Crippen LogP contribution in [0.5, 0.6) is 0 Å². The highest BCUT2D eigenvalue weighted by molar-refractivity contribution is 6.45. The average molecular weight is 329 g/mol. The maximum Gasteiger partial charge on any atom is 0.290 e. The number of benzene rings is 1. The zero-order valence-corrected chi connectivity index (χ0v) is 14.7. The van der Waals surface area contributed by atoms with Gasteiger partial charge >= 0.3 is 0 Å². The van der Waals surface area contributed by atoms with Gasteiger partial charge in [0.1, 0.15) is 12.3 Å². The molecule has 2 rings (SSSR count). The summed E-state index contributed by atoms with van der Waals surface area (Å²) in [5, 5.41) is 11.8. The van der Waals surface area contributed by atoms with Gasteiger partial charge in [0, 0.05) is 11.3 Å². The lowest BCUT2D eigenvalue weighted by atomic mass is 9.97. The van der Waals surface area contributed by atoms with E-state index in [-0.39, 0.29) is 22.9 Å². The number of hydrogen-bond acceptors (Lipinski definition) is 6. The van der Waals surface area contributed by atoms with Crippen LogP contribution in [0.1, 0.15) is 56.8 Å². The van der Waals surface area contributed by atoms with Crippen molar-refractivity contribution in [3.63, 3.8) is 0 Å². The second-order valence-electron chi connectivity index (χ2n) is 6.88. The molecule has 6 heteroatoms. The van der Waals surface area contributed by atoms with Crippen LogP contribution < -0.4 is 0 Å². The summed E-state index contributed by atoms with van der Waals surface area (Å²) < 4.78 is 5.50. The van der Waals surface area contributed by atoms with E-state index in [0.29, 0.717) is 12.5 Å². The smallest absolute Gasteiger partial charge is 0.290 e. The van der Waals surface area contributed by atoms with E-state index in [2.05, 4.69) is 15.4 Å².